The van der Waals surface area contributed by atoms with Gasteiger partial charge in [-0.2, -0.15) is 0 Å². The molecule has 0 amide bonds. The monoisotopic (exact) mass is 400 g/mol. The largest absolute Gasteiger partial charge is 0.679 e. The van der Waals surface area contributed by atoms with Crippen LogP contribution in [0.1, 0.15) is 80.1 Å². The van der Waals surface area contributed by atoms with Gasteiger partial charge in [0, 0.05) is 14.2 Å². The molecule has 0 bridgehead atoms. The summed E-state index contributed by atoms with van der Waals surface area (Å²) in [6.07, 6.45) is 7.48. The molecule has 2 aliphatic rings. The maximum atomic E-state index is 6.66. The molecule has 5 heteroatoms. The van der Waals surface area contributed by atoms with Crippen LogP contribution in [0.4, 0.5) is 0 Å². The lowest BCUT2D eigenvalue weighted by molar-refractivity contribution is -0.106. The molecule has 0 radical (unpaired) electrons. The van der Waals surface area contributed by atoms with Crippen LogP contribution in [0.5, 0.6) is 0 Å². The Morgan fingerprint density at radius 2 is 1.04 bits per heavy atom. The Hall–Kier alpha value is 0.0569. The minimum absolute atomic E-state index is 0.166. The molecular formula is C22H44O4Si. The molecule has 4 nitrogen and oxygen atoms in total. The van der Waals surface area contributed by atoms with Gasteiger partial charge in [-0.3, -0.25) is 0 Å². The first kappa shape index (κ1) is 23.3. The van der Waals surface area contributed by atoms with Crippen LogP contribution in [0.25, 0.3) is 0 Å². The average Bonchev–Trinajstić information content (AvgIpc) is 2.60. The van der Waals surface area contributed by atoms with Crippen molar-refractivity contribution in [2.24, 2.45) is 35.5 Å². The summed E-state index contributed by atoms with van der Waals surface area (Å²) in [5, 5.41) is 0. The van der Waals surface area contributed by atoms with Gasteiger partial charge in [-0.25, -0.2) is 0 Å². The third-order valence-corrected chi connectivity index (χ3v) is 9.20. The van der Waals surface area contributed by atoms with Crippen LogP contribution in [-0.2, 0) is 17.7 Å². The van der Waals surface area contributed by atoms with E-state index in [0.717, 1.165) is 12.8 Å². The van der Waals surface area contributed by atoms with E-state index in [9.17, 15) is 0 Å². The van der Waals surface area contributed by atoms with Crippen LogP contribution in [0, 0.1) is 35.5 Å². The molecule has 2 aliphatic carbocycles. The average molecular weight is 401 g/mol. The molecular weight excluding hydrogens is 356 g/mol. The summed E-state index contributed by atoms with van der Waals surface area (Å²) < 4.78 is 25.1. The molecule has 2 saturated carbocycles. The molecule has 0 aromatic heterocycles. The lowest BCUT2D eigenvalue weighted by Crippen LogP contribution is -2.56. The fourth-order valence-electron chi connectivity index (χ4n) is 5.17. The van der Waals surface area contributed by atoms with E-state index in [2.05, 4.69) is 41.5 Å². The molecule has 0 aromatic rings. The standard InChI is InChI=1S/C22H44O4Si/c1-15(2)19-11-9-17(5)13-21(19)25-27(23-7,24-8)26-22-14-18(6)10-12-20(22)16(3)4/h15-22H,9-14H2,1-8H3. The van der Waals surface area contributed by atoms with Crippen molar-refractivity contribution in [3.8, 4) is 0 Å². The van der Waals surface area contributed by atoms with Crippen molar-refractivity contribution in [2.75, 3.05) is 14.2 Å². The first-order chi connectivity index (χ1) is 12.7. The van der Waals surface area contributed by atoms with E-state index in [1.165, 1.54) is 25.7 Å². The predicted molar refractivity (Wildman–Crippen MR) is 112 cm³/mol. The van der Waals surface area contributed by atoms with Gasteiger partial charge in [-0.15, -0.1) is 0 Å². The Labute approximate surface area is 169 Å². The number of hydrogen-bond donors (Lipinski definition) is 0. The lowest BCUT2D eigenvalue weighted by Gasteiger charge is -2.43. The second kappa shape index (κ2) is 10.2. The SMILES string of the molecule is CO[Si](OC)(OC1CC(C)CCC1C(C)C)OC1CC(C)CCC1C(C)C. The smallest absolute Gasteiger partial charge is 0.355 e. The van der Waals surface area contributed by atoms with Crippen LogP contribution in [0.2, 0.25) is 0 Å². The maximum absolute atomic E-state index is 6.66. The van der Waals surface area contributed by atoms with Gasteiger partial charge in [0.25, 0.3) is 0 Å². The van der Waals surface area contributed by atoms with E-state index < -0.39 is 9.05 Å². The van der Waals surface area contributed by atoms with Crippen molar-refractivity contribution in [1.82, 2.24) is 0 Å². The molecule has 0 heterocycles. The number of rotatable bonds is 8. The van der Waals surface area contributed by atoms with Crippen LogP contribution in [0.3, 0.4) is 0 Å². The van der Waals surface area contributed by atoms with Crippen molar-refractivity contribution in [3.63, 3.8) is 0 Å². The van der Waals surface area contributed by atoms with Crippen molar-refractivity contribution >= 4 is 9.05 Å². The third kappa shape index (κ3) is 6.02. The second-order valence-electron chi connectivity index (χ2n) is 9.87. The van der Waals surface area contributed by atoms with Crippen molar-refractivity contribution in [1.29, 1.82) is 0 Å². The van der Waals surface area contributed by atoms with Crippen molar-refractivity contribution in [2.45, 2.75) is 92.3 Å². The highest BCUT2D eigenvalue weighted by molar-refractivity contribution is 6.53. The third-order valence-electron chi connectivity index (χ3n) is 7.01. The zero-order chi connectivity index (χ0) is 20.2. The van der Waals surface area contributed by atoms with Crippen LogP contribution in [-0.4, -0.2) is 35.5 Å². The molecule has 0 spiro atoms. The normalized spacial score (nSPS) is 35.8. The minimum atomic E-state index is -3.15. The second-order valence-corrected chi connectivity index (χ2v) is 12.2. The fraction of sp³-hybridized carbons (Fsp3) is 1.00. The quantitative estimate of drug-likeness (QED) is 0.492. The molecule has 2 fully saturated rings. The Morgan fingerprint density at radius 3 is 1.33 bits per heavy atom. The summed E-state index contributed by atoms with van der Waals surface area (Å²) >= 11 is 0. The van der Waals surface area contributed by atoms with Gasteiger partial charge in [0.15, 0.2) is 0 Å². The molecule has 0 aliphatic heterocycles. The van der Waals surface area contributed by atoms with Crippen LogP contribution >= 0.6 is 0 Å². The molecule has 0 saturated heterocycles. The van der Waals surface area contributed by atoms with E-state index in [-0.39, 0.29) is 12.2 Å². The van der Waals surface area contributed by atoms with Gasteiger partial charge in [0.2, 0.25) is 0 Å². The summed E-state index contributed by atoms with van der Waals surface area (Å²) in [5.74, 6) is 3.66. The van der Waals surface area contributed by atoms with E-state index in [4.69, 9.17) is 17.7 Å². The molecule has 2 rings (SSSR count). The molecule has 6 unspecified atom stereocenters. The Balaban J connectivity index is 2.17. The molecule has 6 atom stereocenters. The first-order valence-electron chi connectivity index (χ1n) is 11.2. The van der Waals surface area contributed by atoms with Crippen molar-refractivity contribution < 1.29 is 17.7 Å². The lowest BCUT2D eigenvalue weighted by atomic mass is 9.75. The molecule has 0 aromatic carbocycles. The highest BCUT2D eigenvalue weighted by Gasteiger charge is 2.51. The van der Waals surface area contributed by atoms with Crippen molar-refractivity contribution in [3.05, 3.63) is 0 Å². The van der Waals surface area contributed by atoms with Gasteiger partial charge in [-0.1, -0.05) is 54.4 Å². The number of hydrogen-bond acceptors (Lipinski definition) is 4. The summed E-state index contributed by atoms with van der Waals surface area (Å²) in [5.41, 5.74) is 0. The predicted octanol–water partition coefficient (Wildman–Crippen LogP) is 5.67. The highest BCUT2D eigenvalue weighted by atomic mass is 28.4. The Morgan fingerprint density at radius 1 is 0.667 bits per heavy atom. The Kier molecular flexibility index (Phi) is 8.81. The minimum Gasteiger partial charge on any atom is -0.355 e. The van der Waals surface area contributed by atoms with Gasteiger partial charge in [0.1, 0.15) is 0 Å². The summed E-state index contributed by atoms with van der Waals surface area (Å²) in [4.78, 5) is 0. The summed E-state index contributed by atoms with van der Waals surface area (Å²) in [7, 11) is 0.242. The van der Waals surface area contributed by atoms with Gasteiger partial charge >= 0.3 is 9.05 Å². The van der Waals surface area contributed by atoms with E-state index in [1.54, 1.807) is 14.2 Å². The van der Waals surface area contributed by atoms with Gasteiger partial charge in [-0.05, 0) is 61.2 Å². The van der Waals surface area contributed by atoms with E-state index in [0.29, 0.717) is 35.5 Å². The Bertz CT molecular complexity index is 402. The molecule has 160 valence electrons. The zero-order valence-corrected chi connectivity index (χ0v) is 20.0. The van der Waals surface area contributed by atoms with Gasteiger partial charge in [0.05, 0.1) is 12.2 Å². The topological polar surface area (TPSA) is 36.9 Å². The van der Waals surface area contributed by atoms with Crippen LogP contribution < -0.4 is 0 Å². The molecule has 27 heavy (non-hydrogen) atoms. The van der Waals surface area contributed by atoms with E-state index in [1.807, 2.05) is 0 Å². The van der Waals surface area contributed by atoms with Gasteiger partial charge < -0.3 is 17.7 Å². The maximum Gasteiger partial charge on any atom is 0.679 e. The first-order valence-corrected chi connectivity index (χ1v) is 12.8. The summed E-state index contributed by atoms with van der Waals surface area (Å²) in [6, 6.07) is 0. The summed E-state index contributed by atoms with van der Waals surface area (Å²) in [6.45, 7) is 13.9. The zero-order valence-electron chi connectivity index (χ0n) is 19.0. The fourth-order valence-corrected chi connectivity index (χ4v) is 7.07. The highest BCUT2D eigenvalue weighted by Crippen LogP contribution is 2.40. The van der Waals surface area contributed by atoms with Crippen LogP contribution in [0.15, 0.2) is 0 Å². The van der Waals surface area contributed by atoms with E-state index >= 15 is 0 Å². The molecule has 0 N–H and O–H groups in total.